The lowest BCUT2D eigenvalue weighted by Gasteiger charge is -2.04. The minimum absolute atomic E-state index is 0.493. The van der Waals surface area contributed by atoms with E-state index < -0.39 is 12.8 Å². The summed E-state index contributed by atoms with van der Waals surface area (Å²) in [5, 5.41) is 9.27. The highest BCUT2D eigenvalue weighted by molar-refractivity contribution is 7.09. The second kappa shape index (κ2) is 3.11. The SMILES string of the molecule is OC(CF)c1scnc1C1CC1. The standard InChI is InChI=1S/C8H10FNOS/c9-3-6(11)8-7(5-1-2-5)10-4-12-8/h4-6,11H,1-3H2. The van der Waals surface area contributed by atoms with Gasteiger partial charge in [-0.25, -0.2) is 9.37 Å². The molecule has 1 unspecified atom stereocenters. The van der Waals surface area contributed by atoms with Crippen molar-refractivity contribution >= 4 is 11.3 Å². The number of hydrogen-bond acceptors (Lipinski definition) is 3. The van der Waals surface area contributed by atoms with E-state index in [1.54, 1.807) is 5.51 Å². The Morgan fingerprint density at radius 3 is 3.08 bits per heavy atom. The Hall–Kier alpha value is -0.480. The zero-order valence-electron chi connectivity index (χ0n) is 6.53. The van der Waals surface area contributed by atoms with E-state index in [2.05, 4.69) is 4.98 Å². The lowest BCUT2D eigenvalue weighted by Crippen LogP contribution is -1.99. The van der Waals surface area contributed by atoms with Crippen molar-refractivity contribution in [3.63, 3.8) is 0 Å². The molecule has 2 nitrogen and oxygen atoms in total. The summed E-state index contributed by atoms with van der Waals surface area (Å²) < 4.78 is 12.1. The number of halogens is 1. The average Bonchev–Trinajstić information content (AvgIpc) is 2.83. The third-order valence-electron chi connectivity index (χ3n) is 2.04. The van der Waals surface area contributed by atoms with Crippen LogP contribution in [0.2, 0.25) is 0 Å². The van der Waals surface area contributed by atoms with Gasteiger partial charge < -0.3 is 5.11 Å². The molecule has 1 fully saturated rings. The van der Waals surface area contributed by atoms with E-state index >= 15 is 0 Å². The van der Waals surface area contributed by atoms with E-state index in [1.165, 1.54) is 11.3 Å². The molecule has 1 heterocycles. The van der Waals surface area contributed by atoms with Crippen LogP contribution in [-0.4, -0.2) is 16.8 Å². The van der Waals surface area contributed by atoms with Crippen LogP contribution in [0.15, 0.2) is 5.51 Å². The Bertz CT molecular complexity index is 272. The number of aliphatic hydroxyl groups is 1. The molecule has 0 spiro atoms. The van der Waals surface area contributed by atoms with Gasteiger partial charge in [-0.05, 0) is 12.8 Å². The van der Waals surface area contributed by atoms with Crippen molar-refractivity contribution < 1.29 is 9.50 Å². The van der Waals surface area contributed by atoms with Crippen molar-refractivity contribution in [1.82, 2.24) is 4.98 Å². The van der Waals surface area contributed by atoms with Gasteiger partial charge in [-0.15, -0.1) is 11.3 Å². The van der Waals surface area contributed by atoms with Gasteiger partial charge in [-0.3, -0.25) is 0 Å². The summed E-state index contributed by atoms with van der Waals surface area (Å²) in [4.78, 5) is 4.86. The van der Waals surface area contributed by atoms with E-state index in [1.807, 2.05) is 0 Å². The van der Waals surface area contributed by atoms with E-state index in [-0.39, 0.29) is 0 Å². The summed E-state index contributed by atoms with van der Waals surface area (Å²) in [5.74, 6) is 0.493. The molecule has 4 heteroatoms. The molecule has 0 bridgehead atoms. The molecule has 1 saturated carbocycles. The number of alkyl halides is 1. The van der Waals surface area contributed by atoms with Crippen LogP contribution in [0.4, 0.5) is 4.39 Å². The molecule has 0 aliphatic heterocycles. The van der Waals surface area contributed by atoms with Crippen LogP contribution in [0.3, 0.4) is 0 Å². The number of nitrogens with zero attached hydrogens (tertiary/aromatic N) is 1. The highest BCUT2D eigenvalue weighted by Crippen LogP contribution is 2.43. The van der Waals surface area contributed by atoms with Gasteiger partial charge in [0.2, 0.25) is 0 Å². The van der Waals surface area contributed by atoms with E-state index in [0.29, 0.717) is 5.92 Å². The van der Waals surface area contributed by atoms with Crippen molar-refractivity contribution in [2.75, 3.05) is 6.67 Å². The molecule has 0 saturated heterocycles. The van der Waals surface area contributed by atoms with Crippen molar-refractivity contribution in [3.05, 3.63) is 16.1 Å². The highest BCUT2D eigenvalue weighted by Gasteiger charge is 2.30. The fourth-order valence-electron chi connectivity index (χ4n) is 1.25. The molecule has 0 aromatic carbocycles. The fraction of sp³-hybridized carbons (Fsp3) is 0.625. The maximum absolute atomic E-state index is 12.1. The first-order valence-corrected chi connectivity index (χ1v) is 4.88. The Balaban J connectivity index is 2.23. The van der Waals surface area contributed by atoms with Crippen LogP contribution in [0, 0.1) is 0 Å². The minimum atomic E-state index is -0.951. The summed E-state index contributed by atoms with van der Waals surface area (Å²) >= 11 is 1.35. The summed E-state index contributed by atoms with van der Waals surface area (Å²) in [5.41, 5.74) is 2.60. The van der Waals surface area contributed by atoms with E-state index in [9.17, 15) is 9.50 Å². The first kappa shape index (κ1) is 8.13. The molecule has 1 aliphatic rings. The molecule has 1 atom stereocenters. The topological polar surface area (TPSA) is 33.1 Å². The zero-order valence-corrected chi connectivity index (χ0v) is 7.35. The van der Waals surface area contributed by atoms with Gasteiger partial charge in [0.05, 0.1) is 16.1 Å². The van der Waals surface area contributed by atoms with Gasteiger partial charge in [0.15, 0.2) is 0 Å². The Kier molecular flexibility index (Phi) is 2.11. The summed E-state index contributed by atoms with van der Waals surface area (Å²) in [7, 11) is 0. The lowest BCUT2D eigenvalue weighted by molar-refractivity contribution is 0.144. The van der Waals surface area contributed by atoms with Crippen molar-refractivity contribution in [3.8, 4) is 0 Å². The molecule has 0 amide bonds. The first-order chi connectivity index (χ1) is 5.83. The maximum atomic E-state index is 12.1. The summed E-state index contributed by atoms with van der Waals surface area (Å²) in [6, 6.07) is 0. The number of aromatic nitrogens is 1. The predicted octanol–water partition coefficient (Wildman–Crippen LogP) is 2.02. The molecule has 1 aromatic heterocycles. The normalized spacial score (nSPS) is 19.5. The molecule has 2 rings (SSSR count). The third-order valence-corrected chi connectivity index (χ3v) is 2.98. The quantitative estimate of drug-likeness (QED) is 0.785. The van der Waals surface area contributed by atoms with Crippen molar-refractivity contribution in [2.24, 2.45) is 0 Å². The summed E-state index contributed by atoms with van der Waals surface area (Å²) in [6.45, 7) is -0.706. The van der Waals surface area contributed by atoms with Crippen LogP contribution in [0.25, 0.3) is 0 Å². The number of aliphatic hydroxyl groups excluding tert-OH is 1. The van der Waals surface area contributed by atoms with Gasteiger partial charge >= 0.3 is 0 Å². The van der Waals surface area contributed by atoms with Gasteiger partial charge in [0.1, 0.15) is 12.8 Å². The molecular formula is C8H10FNOS. The van der Waals surface area contributed by atoms with Gasteiger partial charge in [-0.1, -0.05) is 0 Å². The largest absolute Gasteiger partial charge is 0.385 e. The Labute approximate surface area is 74.1 Å². The Morgan fingerprint density at radius 2 is 2.50 bits per heavy atom. The van der Waals surface area contributed by atoms with Crippen LogP contribution < -0.4 is 0 Å². The van der Waals surface area contributed by atoms with Crippen LogP contribution in [-0.2, 0) is 0 Å². The predicted molar refractivity (Wildman–Crippen MR) is 45.0 cm³/mol. The van der Waals surface area contributed by atoms with Gasteiger partial charge in [-0.2, -0.15) is 0 Å². The first-order valence-electron chi connectivity index (χ1n) is 4.00. The van der Waals surface area contributed by atoms with E-state index in [0.717, 1.165) is 23.4 Å². The molecular weight excluding hydrogens is 177 g/mol. The number of thiazole rings is 1. The van der Waals surface area contributed by atoms with Crippen LogP contribution >= 0.6 is 11.3 Å². The lowest BCUT2D eigenvalue weighted by atomic mass is 10.2. The zero-order chi connectivity index (χ0) is 8.55. The van der Waals surface area contributed by atoms with Gasteiger partial charge in [0.25, 0.3) is 0 Å². The average molecular weight is 187 g/mol. The maximum Gasteiger partial charge on any atom is 0.120 e. The molecule has 1 aromatic rings. The fourth-order valence-corrected chi connectivity index (χ4v) is 2.09. The smallest absolute Gasteiger partial charge is 0.120 e. The van der Waals surface area contributed by atoms with Crippen molar-refractivity contribution in [2.45, 2.75) is 24.9 Å². The third kappa shape index (κ3) is 1.36. The monoisotopic (exact) mass is 187 g/mol. The van der Waals surface area contributed by atoms with Gasteiger partial charge in [0, 0.05) is 5.92 Å². The van der Waals surface area contributed by atoms with Crippen molar-refractivity contribution in [1.29, 1.82) is 0 Å². The number of hydrogen-bond donors (Lipinski definition) is 1. The Morgan fingerprint density at radius 1 is 1.75 bits per heavy atom. The molecule has 12 heavy (non-hydrogen) atoms. The summed E-state index contributed by atoms with van der Waals surface area (Å²) in [6.07, 6.45) is 1.32. The highest BCUT2D eigenvalue weighted by atomic mass is 32.1. The molecule has 1 aliphatic carbocycles. The number of rotatable bonds is 3. The van der Waals surface area contributed by atoms with E-state index in [4.69, 9.17) is 0 Å². The van der Waals surface area contributed by atoms with Crippen LogP contribution in [0.5, 0.6) is 0 Å². The molecule has 66 valence electrons. The minimum Gasteiger partial charge on any atom is -0.385 e. The molecule has 0 radical (unpaired) electrons. The molecule has 1 N–H and O–H groups in total. The van der Waals surface area contributed by atoms with Crippen LogP contribution in [0.1, 0.15) is 35.4 Å². The second-order valence-electron chi connectivity index (χ2n) is 3.05. The second-order valence-corrected chi connectivity index (χ2v) is 3.93.